The van der Waals surface area contributed by atoms with Crippen LogP contribution in [0.5, 0.6) is 0 Å². The van der Waals surface area contributed by atoms with Crippen molar-refractivity contribution in [2.24, 2.45) is 5.92 Å². The minimum absolute atomic E-state index is 0.0244. The summed E-state index contributed by atoms with van der Waals surface area (Å²) >= 11 is 0. The van der Waals surface area contributed by atoms with E-state index in [1.165, 1.54) is 0 Å². The fourth-order valence-corrected chi connectivity index (χ4v) is 6.20. The Morgan fingerprint density at radius 2 is 1.50 bits per heavy atom. The van der Waals surface area contributed by atoms with Crippen LogP contribution in [0, 0.1) is 5.92 Å². The zero-order valence-electron chi connectivity index (χ0n) is 21.2. The zero-order valence-corrected chi connectivity index (χ0v) is 23.2. The van der Waals surface area contributed by atoms with Crippen molar-refractivity contribution in [1.29, 1.82) is 0 Å². The Labute approximate surface area is 187 Å². The van der Waals surface area contributed by atoms with Crippen LogP contribution in [-0.2, 0) is 8.85 Å². The van der Waals surface area contributed by atoms with Crippen LogP contribution in [0.2, 0.25) is 36.3 Å². The van der Waals surface area contributed by atoms with Gasteiger partial charge in [-0.3, -0.25) is 4.98 Å². The second-order valence-electron chi connectivity index (χ2n) is 12.1. The highest BCUT2D eigenvalue weighted by Crippen LogP contribution is 2.43. The summed E-state index contributed by atoms with van der Waals surface area (Å²) in [4.78, 5) is 6.53. The molecule has 3 unspecified atom stereocenters. The Bertz CT molecular complexity index is 726. The van der Waals surface area contributed by atoms with E-state index < -0.39 is 16.6 Å². The maximum Gasteiger partial charge on any atom is 0.192 e. The van der Waals surface area contributed by atoms with Crippen LogP contribution in [0.25, 0.3) is 0 Å². The summed E-state index contributed by atoms with van der Waals surface area (Å²) in [5.74, 6) is 0.343. The summed E-state index contributed by atoms with van der Waals surface area (Å²) in [6, 6.07) is 2.01. The van der Waals surface area contributed by atoms with E-state index in [1.807, 2.05) is 12.3 Å². The van der Waals surface area contributed by atoms with Crippen LogP contribution in [-0.4, -0.2) is 46.9 Å². The standard InChI is InChI=1S/C23H45N3O2Si2/c1-17-15-26(19-12-13-25-14-18(19)24)16-20(27-29(8,9)22(2,3)4)21(17)28-30(10,11)23(5,6)7/h12-14,17,20-21H,15-16,24H2,1-11H3. The molecule has 0 spiro atoms. The van der Waals surface area contributed by atoms with Gasteiger partial charge >= 0.3 is 0 Å². The Kier molecular flexibility index (Phi) is 7.24. The van der Waals surface area contributed by atoms with Gasteiger partial charge in [0.2, 0.25) is 0 Å². The third-order valence-electron chi connectivity index (χ3n) is 7.49. The van der Waals surface area contributed by atoms with Gasteiger partial charge in [-0.25, -0.2) is 0 Å². The third-order valence-corrected chi connectivity index (χ3v) is 16.5. The Morgan fingerprint density at radius 1 is 0.967 bits per heavy atom. The number of hydrogen-bond donors (Lipinski definition) is 1. The van der Waals surface area contributed by atoms with Gasteiger partial charge in [0.15, 0.2) is 16.6 Å². The van der Waals surface area contributed by atoms with E-state index in [1.54, 1.807) is 6.20 Å². The largest absolute Gasteiger partial charge is 0.411 e. The third kappa shape index (κ3) is 5.47. The number of hydrogen-bond acceptors (Lipinski definition) is 5. The molecule has 1 fully saturated rings. The van der Waals surface area contributed by atoms with Gasteiger partial charge in [-0.1, -0.05) is 48.5 Å². The lowest BCUT2D eigenvalue weighted by Gasteiger charge is -2.51. The van der Waals surface area contributed by atoms with E-state index in [-0.39, 0.29) is 22.3 Å². The summed E-state index contributed by atoms with van der Waals surface area (Å²) < 4.78 is 14.0. The molecule has 172 valence electrons. The number of nitrogens with zero attached hydrogens (tertiary/aromatic N) is 2. The maximum atomic E-state index is 7.01. The van der Waals surface area contributed by atoms with Gasteiger partial charge in [0.25, 0.3) is 0 Å². The predicted octanol–water partition coefficient (Wildman–Crippen LogP) is 5.90. The van der Waals surface area contributed by atoms with Crippen molar-refractivity contribution in [3.8, 4) is 0 Å². The maximum absolute atomic E-state index is 7.01. The molecule has 0 saturated carbocycles. The molecule has 0 bridgehead atoms. The number of nitrogen functional groups attached to an aromatic ring is 1. The average molecular weight is 452 g/mol. The highest BCUT2D eigenvalue weighted by molar-refractivity contribution is 6.74. The highest BCUT2D eigenvalue weighted by atomic mass is 28.4. The molecule has 2 N–H and O–H groups in total. The Hall–Kier alpha value is -0.896. The van der Waals surface area contributed by atoms with Crippen LogP contribution in [0.1, 0.15) is 48.5 Å². The Balaban J connectivity index is 2.39. The second-order valence-corrected chi connectivity index (χ2v) is 21.6. The molecule has 1 aromatic rings. The van der Waals surface area contributed by atoms with Crippen LogP contribution >= 0.6 is 0 Å². The molecule has 7 heteroatoms. The average Bonchev–Trinajstić information content (AvgIpc) is 2.55. The molecule has 5 nitrogen and oxygen atoms in total. The van der Waals surface area contributed by atoms with Gasteiger partial charge in [0, 0.05) is 25.2 Å². The number of pyridine rings is 1. The summed E-state index contributed by atoms with van der Waals surface area (Å²) in [7, 11) is -3.89. The van der Waals surface area contributed by atoms with Crippen molar-refractivity contribution in [1.82, 2.24) is 4.98 Å². The van der Waals surface area contributed by atoms with Gasteiger partial charge in [0.05, 0.1) is 29.8 Å². The molecular formula is C23H45N3O2Si2. The lowest BCUT2D eigenvalue weighted by Crippen LogP contribution is -2.61. The number of rotatable bonds is 5. The lowest BCUT2D eigenvalue weighted by atomic mass is 9.94. The minimum atomic E-state index is -1.96. The van der Waals surface area contributed by atoms with E-state index in [4.69, 9.17) is 14.6 Å². The van der Waals surface area contributed by atoms with Gasteiger partial charge in [0.1, 0.15) is 0 Å². The topological polar surface area (TPSA) is 60.6 Å². The monoisotopic (exact) mass is 451 g/mol. The van der Waals surface area contributed by atoms with Gasteiger partial charge < -0.3 is 19.5 Å². The first kappa shape index (κ1) is 25.4. The van der Waals surface area contributed by atoms with Gasteiger partial charge in [-0.15, -0.1) is 0 Å². The van der Waals surface area contributed by atoms with Crippen LogP contribution in [0.15, 0.2) is 18.5 Å². The predicted molar refractivity (Wildman–Crippen MR) is 134 cm³/mol. The molecule has 1 aliphatic rings. The molecule has 30 heavy (non-hydrogen) atoms. The lowest BCUT2D eigenvalue weighted by molar-refractivity contribution is -0.00594. The summed E-state index contributed by atoms with van der Waals surface area (Å²) in [6.07, 6.45) is 3.68. The zero-order chi connectivity index (χ0) is 23.1. The second kappa shape index (κ2) is 8.56. The van der Waals surface area contributed by atoms with Crippen molar-refractivity contribution in [3.63, 3.8) is 0 Å². The molecule has 0 aromatic carbocycles. The highest BCUT2D eigenvalue weighted by Gasteiger charge is 2.48. The van der Waals surface area contributed by atoms with Crippen LogP contribution < -0.4 is 10.6 Å². The molecule has 1 aliphatic heterocycles. The van der Waals surface area contributed by atoms with Gasteiger partial charge in [-0.05, 0) is 42.3 Å². The first-order chi connectivity index (χ1) is 13.5. The number of aromatic nitrogens is 1. The molecular weight excluding hydrogens is 406 g/mol. The molecule has 1 aromatic heterocycles. The van der Waals surface area contributed by atoms with Crippen LogP contribution in [0.3, 0.4) is 0 Å². The minimum Gasteiger partial charge on any atom is -0.411 e. The van der Waals surface area contributed by atoms with Crippen molar-refractivity contribution in [2.45, 2.75) is 96.9 Å². The fraction of sp³-hybridized carbons (Fsp3) is 0.783. The molecule has 0 aliphatic carbocycles. The van der Waals surface area contributed by atoms with Crippen molar-refractivity contribution in [2.75, 3.05) is 23.7 Å². The first-order valence-corrected chi connectivity index (χ1v) is 17.1. The molecule has 2 heterocycles. The molecule has 2 rings (SSSR count). The normalized spacial score (nSPS) is 24.2. The van der Waals surface area contributed by atoms with Crippen molar-refractivity contribution in [3.05, 3.63) is 18.5 Å². The van der Waals surface area contributed by atoms with E-state index >= 15 is 0 Å². The SMILES string of the molecule is CC1CN(c2ccncc2N)CC(O[Si](C)(C)C(C)(C)C)C1O[Si](C)(C)C(C)(C)C. The summed E-state index contributed by atoms with van der Waals surface area (Å²) in [5, 5.41) is 0.316. The molecule has 0 amide bonds. The fourth-order valence-electron chi connectivity index (χ4n) is 3.47. The first-order valence-electron chi connectivity index (χ1n) is 11.3. The van der Waals surface area contributed by atoms with Crippen LogP contribution in [0.4, 0.5) is 11.4 Å². The van der Waals surface area contributed by atoms with Crippen molar-refractivity contribution < 1.29 is 8.85 Å². The molecule has 3 atom stereocenters. The molecule has 0 radical (unpaired) electrons. The Morgan fingerprint density at radius 3 is 2.00 bits per heavy atom. The van der Waals surface area contributed by atoms with E-state index in [0.29, 0.717) is 5.92 Å². The van der Waals surface area contributed by atoms with E-state index in [0.717, 1.165) is 24.5 Å². The summed E-state index contributed by atoms with van der Waals surface area (Å²) in [6.45, 7) is 27.2. The van der Waals surface area contributed by atoms with Gasteiger partial charge in [-0.2, -0.15) is 0 Å². The quantitative estimate of drug-likeness (QED) is 0.565. The van der Waals surface area contributed by atoms with E-state index in [2.05, 4.69) is 84.5 Å². The smallest absolute Gasteiger partial charge is 0.192 e. The number of piperidine rings is 1. The number of nitrogens with two attached hydrogens (primary N) is 1. The number of anilines is 2. The van der Waals surface area contributed by atoms with E-state index in [9.17, 15) is 0 Å². The molecule has 1 saturated heterocycles. The summed E-state index contributed by atoms with van der Waals surface area (Å²) in [5.41, 5.74) is 8.04. The van der Waals surface area contributed by atoms with Crippen molar-refractivity contribution >= 4 is 28.0 Å².